The van der Waals surface area contributed by atoms with Gasteiger partial charge in [-0.25, -0.2) is 4.68 Å². The van der Waals surface area contributed by atoms with Gasteiger partial charge in [0.15, 0.2) is 5.78 Å². The van der Waals surface area contributed by atoms with Crippen LogP contribution < -0.4 is 4.74 Å². The van der Waals surface area contributed by atoms with E-state index in [0.29, 0.717) is 11.1 Å². The van der Waals surface area contributed by atoms with Gasteiger partial charge in [0, 0.05) is 0 Å². The minimum atomic E-state index is -0.120. The summed E-state index contributed by atoms with van der Waals surface area (Å²) >= 11 is 0. The zero-order chi connectivity index (χ0) is 18.5. The zero-order valence-electron chi connectivity index (χ0n) is 14.5. The minimum absolute atomic E-state index is 0.120. The van der Waals surface area contributed by atoms with Crippen LogP contribution >= 0.6 is 0 Å². The van der Waals surface area contributed by atoms with Crippen LogP contribution in [0.3, 0.4) is 0 Å². The number of ether oxygens (including phenoxy) is 1. The smallest absolute Gasteiger partial charge is 0.189 e. The summed E-state index contributed by atoms with van der Waals surface area (Å²) in [4.78, 5) is 12.5. The van der Waals surface area contributed by atoms with E-state index in [-0.39, 0.29) is 5.78 Å². The van der Waals surface area contributed by atoms with Crippen LogP contribution in [0, 0.1) is 18.3 Å². The van der Waals surface area contributed by atoms with Gasteiger partial charge in [-0.2, -0.15) is 10.4 Å². The average molecular weight is 343 g/mol. The molecule has 0 atom stereocenters. The molecular formula is C21H17N3O2. The lowest BCUT2D eigenvalue weighted by molar-refractivity contribution is 0.104. The Bertz CT molecular complexity index is 1010. The van der Waals surface area contributed by atoms with E-state index in [9.17, 15) is 4.79 Å². The van der Waals surface area contributed by atoms with Crippen molar-refractivity contribution in [1.82, 2.24) is 9.78 Å². The van der Waals surface area contributed by atoms with Crippen molar-refractivity contribution in [3.05, 3.63) is 83.2 Å². The van der Waals surface area contributed by atoms with Gasteiger partial charge >= 0.3 is 0 Å². The number of benzene rings is 2. The van der Waals surface area contributed by atoms with Gasteiger partial charge in [0.05, 0.1) is 41.9 Å². The summed E-state index contributed by atoms with van der Waals surface area (Å²) in [7, 11) is 1.61. The molecular weight excluding hydrogens is 326 g/mol. The molecule has 0 fully saturated rings. The van der Waals surface area contributed by atoms with Gasteiger partial charge in [-0.05, 0) is 55.0 Å². The Labute approximate surface area is 151 Å². The van der Waals surface area contributed by atoms with Crippen LogP contribution in [0.4, 0.5) is 0 Å². The van der Waals surface area contributed by atoms with Crippen LogP contribution in [0.5, 0.6) is 5.75 Å². The van der Waals surface area contributed by atoms with E-state index in [1.165, 1.54) is 6.08 Å². The number of carbonyl (C=O) groups is 1. The molecule has 0 aliphatic rings. The standard InChI is InChI=1S/C21H17N3O2/c1-15-20(14-23-24(15)18-9-6-17(13-22)7-10-18)21(25)11-8-16-4-3-5-19(12-16)26-2/h3-12,14H,1-2H3/b11-8+. The fraction of sp³-hybridized carbons (Fsp3) is 0.0952. The van der Waals surface area contributed by atoms with Gasteiger partial charge in [-0.3, -0.25) is 4.79 Å². The first-order chi connectivity index (χ1) is 12.6. The highest BCUT2D eigenvalue weighted by Crippen LogP contribution is 2.17. The summed E-state index contributed by atoms with van der Waals surface area (Å²) in [6, 6.07) is 16.6. The van der Waals surface area contributed by atoms with E-state index in [1.54, 1.807) is 48.3 Å². The first-order valence-corrected chi connectivity index (χ1v) is 8.04. The fourth-order valence-electron chi connectivity index (χ4n) is 2.60. The Hall–Kier alpha value is -3.65. The molecule has 2 aromatic carbocycles. The van der Waals surface area contributed by atoms with Crippen molar-refractivity contribution in [1.29, 1.82) is 5.26 Å². The molecule has 0 aliphatic carbocycles. The summed E-state index contributed by atoms with van der Waals surface area (Å²) in [5.74, 6) is 0.620. The third kappa shape index (κ3) is 3.55. The molecule has 0 saturated carbocycles. The fourth-order valence-corrected chi connectivity index (χ4v) is 2.60. The summed E-state index contributed by atoms with van der Waals surface area (Å²) in [6.07, 6.45) is 4.84. The van der Waals surface area contributed by atoms with E-state index < -0.39 is 0 Å². The lowest BCUT2D eigenvalue weighted by Gasteiger charge is -2.04. The summed E-state index contributed by atoms with van der Waals surface area (Å²) < 4.78 is 6.87. The molecule has 5 heteroatoms. The number of carbonyl (C=O) groups excluding carboxylic acids is 1. The molecule has 128 valence electrons. The Morgan fingerprint density at radius 1 is 1.23 bits per heavy atom. The van der Waals surface area contributed by atoms with Crippen LogP contribution in [0.25, 0.3) is 11.8 Å². The highest BCUT2D eigenvalue weighted by atomic mass is 16.5. The lowest BCUT2D eigenvalue weighted by Crippen LogP contribution is -2.01. The van der Waals surface area contributed by atoms with E-state index >= 15 is 0 Å². The number of allylic oxidation sites excluding steroid dienone is 1. The van der Waals surface area contributed by atoms with E-state index in [0.717, 1.165) is 22.7 Å². The van der Waals surface area contributed by atoms with Crippen LogP contribution in [0.2, 0.25) is 0 Å². The average Bonchev–Trinajstić information content (AvgIpc) is 3.07. The topological polar surface area (TPSA) is 67.9 Å². The van der Waals surface area contributed by atoms with Gasteiger partial charge in [0.2, 0.25) is 0 Å². The maximum Gasteiger partial charge on any atom is 0.189 e. The Morgan fingerprint density at radius 2 is 2.00 bits per heavy atom. The molecule has 26 heavy (non-hydrogen) atoms. The van der Waals surface area contributed by atoms with Crippen LogP contribution in [-0.2, 0) is 0 Å². The molecule has 1 aromatic heterocycles. The number of rotatable bonds is 5. The molecule has 0 saturated heterocycles. The first-order valence-electron chi connectivity index (χ1n) is 8.04. The predicted molar refractivity (Wildman–Crippen MR) is 99.4 cm³/mol. The monoisotopic (exact) mass is 343 g/mol. The summed E-state index contributed by atoms with van der Waals surface area (Å²) in [5.41, 5.74) is 3.55. The second kappa shape index (κ2) is 7.49. The van der Waals surface area contributed by atoms with Crippen molar-refractivity contribution in [3.8, 4) is 17.5 Å². The normalized spacial score (nSPS) is 10.7. The largest absolute Gasteiger partial charge is 0.497 e. The quantitative estimate of drug-likeness (QED) is 0.519. The predicted octanol–water partition coefficient (Wildman–Crippen LogP) is 3.96. The Kier molecular flexibility index (Phi) is 4.95. The summed E-state index contributed by atoms with van der Waals surface area (Å²) in [5, 5.41) is 13.2. The first kappa shape index (κ1) is 17.2. The number of ketones is 1. The third-order valence-corrected chi connectivity index (χ3v) is 4.04. The molecule has 3 rings (SSSR count). The number of hydrogen-bond acceptors (Lipinski definition) is 4. The van der Waals surface area contributed by atoms with Gasteiger partial charge in [0.25, 0.3) is 0 Å². The van der Waals surface area contributed by atoms with E-state index in [4.69, 9.17) is 10.00 Å². The van der Waals surface area contributed by atoms with Crippen LogP contribution in [-0.4, -0.2) is 22.7 Å². The third-order valence-electron chi connectivity index (χ3n) is 4.04. The second-order valence-corrected chi connectivity index (χ2v) is 5.69. The van der Waals surface area contributed by atoms with Gasteiger partial charge < -0.3 is 4.74 Å². The van der Waals surface area contributed by atoms with Gasteiger partial charge in [0.1, 0.15) is 5.75 Å². The van der Waals surface area contributed by atoms with Crippen LogP contribution in [0.15, 0.2) is 60.8 Å². The molecule has 0 radical (unpaired) electrons. The van der Waals surface area contributed by atoms with E-state index in [1.807, 2.05) is 31.2 Å². The van der Waals surface area contributed by atoms with Crippen molar-refractivity contribution in [2.75, 3.05) is 7.11 Å². The van der Waals surface area contributed by atoms with Crippen molar-refractivity contribution in [2.45, 2.75) is 6.92 Å². The van der Waals surface area contributed by atoms with Crippen molar-refractivity contribution >= 4 is 11.9 Å². The molecule has 3 aromatic rings. The molecule has 0 aliphatic heterocycles. The lowest BCUT2D eigenvalue weighted by atomic mass is 10.1. The zero-order valence-corrected chi connectivity index (χ0v) is 14.5. The number of nitriles is 1. The minimum Gasteiger partial charge on any atom is -0.497 e. The molecule has 0 spiro atoms. The van der Waals surface area contributed by atoms with Crippen molar-refractivity contribution in [2.24, 2.45) is 0 Å². The number of hydrogen-bond donors (Lipinski definition) is 0. The highest BCUT2D eigenvalue weighted by molar-refractivity contribution is 6.07. The molecule has 0 bridgehead atoms. The van der Waals surface area contributed by atoms with Gasteiger partial charge in [-0.1, -0.05) is 18.2 Å². The molecule has 1 heterocycles. The molecule has 0 unspecified atom stereocenters. The van der Waals surface area contributed by atoms with Crippen LogP contribution in [0.1, 0.15) is 27.2 Å². The maximum absolute atomic E-state index is 12.5. The number of aromatic nitrogens is 2. The Morgan fingerprint density at radius 3 is 2.69 bits per heavy atom. The maximum atomic E-state index is 12.5. The van der Waals surface area contributed by atoms with Gasteiger partial charge in [-0.15, -0.1) is 0 Å². The second-order valence-electron chi connectivity index (χ2n) is 5.69. The number of nitrogens with zero attached hydrogens (tertiary/aromatic N) is 3. The van der Waals surface area contributed by atoms with Crippen molar-refractivity contribution in [3.63, 3.8) is 0 Å². The molecule has 0 amide bonds. The molecule has 5 nitrogen and oxygen atoms in total. The van der Waals surface area contributed by atoms with Crippen molar-refractivity contribution < 1.29 is 9.53 Å². The SMILES string of the molecule is COc1cccc(/C=C/C(=O)c2cnn(-c3ccc(C#N)cc3)c2C)c1. The molecule has 0 N–H and O–H groups in total. The Balaban J connectivity index is 1.83. The highest BCUT2D eigenvalue weighted by Gasteiger charge is 2.13. The summed E-state index contributed by atoms with van der Waals surface area (Å²) in [6.45, 7) is 1.85. The number of methoxy groups -OCH3 is 1. The van der Waals surface area contributed by atoms with E-state index in [2.05, 4.69) is 11.2 Å².